The smallest absolute Gasteiger partial charge is 0.383 e. The SMILES string of the molecule is CC(O)(c1ccc(N2CCN(S(=O)(=O)C3=CC=CCC3=S)C[C@@H]2CNc2ccccc2)cc1)C(F)(F)F. The number of sulfonamides is 1. The number of aliphatic hydroxyl groups is 1. The summed E-state index contributed by atoms with van der Waals surface area (Å²) in [6, 6.07) is 14.7. The third-order valence-electron chi connectivity index (χ3n) is 6.65. The van der Waals surface area contributed by atoms with Crippen molar-refractivity contribution in [1.29, 1.82) is 0 Å². The highest BCUT2D eigenvalue weighted by Gasteiger charge is 2.51. The maximum atomic E-state index is 13.4. The van der Waals surface area contributed by atoms with Gasteiger partial charge in [0.25, 0.3) is 0 Å². The Morgan fingerprint density at radius 1 is 1.08 bits per heavy atom. The number of hydrogen-bond acceptors (Lipinski definition) is 6. The predicted octanol–water partition coefficient (Wildman–Crippen LogP) is 4.60. The van der Waals surface area contributed by atoms with E-state index < -0.39 is 21.8 Å². The average molecular weight is 552 g/mol. The molecule has 6 nitrogen and oxygen atoms in total. The largest absolute Gasteiger partial charge is 0.421 e. The molecule has 0 aromatic heterocycles. The Kier molecular flexibility index (Phi) is 7.80. The van der Waals surface area contributed by atoms with Gasteiger partial charge >= 0.3 is 6.18 Å². The molecular formula is C26H28F3N3O3S2. The maximum Gasteiger partial charge on any atom is 0.421 e. The molecule has 2 N–H and O–H groups in total. The molecule has 0 amide bonds. The number of para-hydroxylation sites is 1. The fourth-order valence-electron chi connectivity index (χ4n) is 4.39. The van der Waals surface area contributed by atoms with Gasteiger partial charge in [-0.3, -0.25) is 0 Å². The molecule has 1 fully saturated rings. The van der Waals surface area contributed by atoms with E-state index in [1.165, 1.54) is 34.6 Å². The van der Waals surface area contributed by atoms with Crippen molar-refractivity contribution in [2.45, 2.75) is 31.2 Å². The molecule has 1 saturated heterocycles. The molecule has 0 radical (unpaired) electrons. The molecule has 2 aromatic rings. The number of rotatable bonds is 7. The van der Waals surface area contributed by atoms with Crippen molar-refractivity contribution in [3.05, 3.63) is 83.3 Å². The second-order valence-electron chi connectivity index (χ2n) is 9.16. The molecule has 2 aromatic carbocycles. The van der Waals surface area contributed by atoms with Crippen molar-refractivity contribution in [2.24, 2.45) is 0 Å². The number of halogens is 3. The first-order chi connectivity index (χ1) is 17.4. The molecule has 11 heteroatoms. The molecule has 1 aliphatic heterocycles. The lowest BCUT2D eigenvalue weighted by atomic mass is 9.95. The maximum absolute atomic E-state index is 13.4. The lowest BCUT2D eigenvalue weighted by molar-refractivity contribution is -0.258. The fraction of sp³-hybridized carbons (Fsp3) is 0.346. The van der Waals surface area contributed by atoms with Gasteiger partial charge in [-0.05, 0) is 42.8 Å². The highest BCUT2D eigenvalue weighted by atomic mass is 32.2. The van der Waals surface area contributed by atoms with Crippen LogP contribution in [0.25, 0.3) is 0 Å². The number of benzene rings is 2. The van der Waals surface area contributed by atoms with E-state index in [0.29, 0.717) is 30.1 Å². The van der Waals surface area contributed by atoms with Crippen LogP contribution in [0.5, 0.6) is 0 Å². The minimum atomic E-state index is -4.82. The Morgan fingerprint density at radius 3 is 2.38 bits per heavy atom. The third kappa shape index (κ3) is 5.74. The standard InChI is InChI=1S/C26H28F3N3O3S2/c1-25(33,26(27,28)29)19-11-13-21(14-12-19)32-16-15-31(37(34,35)24-10-6-5-9-23(24)36)18-22(32)17-30-20-7-3-2-4-8-20/h2-8,10-14,22,30,33H,9,15-18H2,1H3/t22-,25?/m0/s1. The van der Waals surface area contributed by atoms with E-state index in [4.69, 9.17) is 12.2 Å². The minimum Gasteiger partial charge on any atom is -0.383 e. The van der Waals surface area contributed by atoms with E-state index in [0.717, 1.165) is 12.6 Å². The normalized spacial score (nSPS) is 20.9. The number of nitrogens with zero attached hydrogens (tertiary/aromatic N) is 2. The number of nitrogens with one attached hydrogen (secondary N) is 1. The summed E-state index contributed by atoms with van der Waals surface area (Å²) >= 11 is 5.31. The van der Waals surface area contributed by atoms with Crippen molar-refractivity contribution >= 4 is 38.5 Å². The zero-order valence-electron chi connectivity index (χ0n) is 20.1. The summed E-state index contributed by atoms with van der Waals surface area (Å²) in [6.45, 7) is 1.79. The molecule has 0 bridgehead atoms. The van der Waals surface area contributed by atoms with Gasteiger partial charge in [0.15, 0.2) is 5.60 Å². The number of hydrogen-bond donors (Lipinski definition) is 2. The first-order valence-electron chi connectivity index (χ1n) is 11.8. The van der Waals surface area contributed by atoms with Gasteiger partial charge in [0.1, 0.15) is 0 Å². The summed E-state index contributed by atoms with van der Waals surface area (Å²) in [6.07, 6.45) is 0.597. The highest BCUT2D eigenvalue weighted by Crippen LogP contribution is 2.39. The quantitative estimate of drug-likeness (QED) is 0.490. The monoisotopic (exact) mass is 551 g/mol. The average Bonchev–Trinajstić information content (AvgIpc) is 2.87. The molecule has 2 aliphatic rings. The second-order valence-corrected chi connectivity index (χ2v) is 11.6. The Morgan fingerprint density at radius 2 is 1.76 bits per heavy atom. The topological polar surface area (TPSA) is 72.9 Å². The van der Waals surface area contributed by atoms with E-state index in [2.05, 4.69) is 5.32 Å². The van der Waals surface area contributed by atoms with Crippen molar-refractivity contribution < 1.29 is 26.7 Å². The van der Waals surface area contributed by atoms with Crippen LogP contribution in [0.1, 0.15) is 18.9 Å². The number of thiocarbonyl (C=S) groups is 1. The highest BCUT2D eigenvalue weighted by molar-refractivity contribution is 7.96. The van der Waals surface area contributed by atoms with E-state index in [1.54, 1.807) is 6.08 Å². The molecular weight excluding hydrogens is 523 g/mol. The number of allylic oxidation sites excluding steroid dienone is 4. The van der Waals surface area contributed by atoms with E-state index >= 15 is 0 Å². The van der Waals surface area contributed by atoms with Gasteiger partial charge in [-0.1, -0.05) is 54.7 Å². The van der Waals surface area contributed by atoms with E-state index in [9.17, 15) is 26.7 Å². The van der Waals surface area contributed by atoms with Gasteiger partial charge in [-0.25, -0.2) is 8.42 Å². The summed E-state index contributed by atoms with van der Waals surface area (Å²) in [7, 11) is -3.81. The van der Waals surface area contributed by atoms with Crippen LogP contribution < -0.4 is 10.2 Å². The molecule has 198 valence electrons. The Bertz CT molecular complexity index is 1290. The number of anilines is 2. The van der Waals surface area contributed by atoms with Crippen molar-refractivity contribution in [3.8, 4) is 0 Å². The van der Waals surface area contributed by atoms with Crippen LogP contribution in [0.3, 0.4) is 0 Å². The molecule has 2 atom stereocenters. The van der Waals surface area contributed by atoms with Crippen molar-refractivity contribution in [1.82, 2.24) is 4.31 Å². The summed E-state index contributed by atoms with van der Waals surface area (Å²) in [5.74, 6) is 0. The molecule has 0 spiro atoms. The summed E-state index contributed by atoms with van der Waals surface area (Å²) in [4.78, 5) is 2.48. The number of alkyl halides is 3. The molecule has 37 heavy (non-hydrogen) atoms. The van der Waals surface area contributed by atoms with Crippen LogP contribution in [-0.2, 0) is 15.6 Å². The summed E-state index contributed by atoms with van der Waals surface area (Å²) in [5.41, 5.74) is -1.75. The molecule has 0 saturated carbocycles. The minimum absolute atomic E-state index is 0.131. The summed E-state index contributed by atoms with van der Waals surface area (Å²) < 4.78 is 68.1. The van der Waals surface area contributed by atoms with Gasteiger partial charge in [0.2, 0.25) is 10.0 Å². The molecule has 4 rings (SSSR count). The first-order valence-corrected chi connectivity index (χ1v) is 13.6. The second kappa shape index (κ2) is 10.6. The van der Waals surface area contributed by atoms with Gasteiger partial charge in [-0.15, -0.1) is 0 Å². The Balaban J connectivity index is 1.60. The van der Waals surface area contributed by atoms with E-state index in [1.807, 2.05) is 41.3 Å². The zero-order valence-corrected chi connectivity index (χ0v) is 21.8. The predicted molar refractivity (Wildman–Crippen MR) is 143 cm³/mol. The van der Waals surface area contributed by atoms with Crippen LogP contribution in [0, 0.1) is 0 Å². The van der Waals surface area contributed by atoms with Crippen LogP contribution in [0.15, 0.2) is 77.7 Å². The third-order valence-corrected chi connectivity index (χ3v) is 9.12. The molecule has 1 heterocycles. The molecule has 1 unspecified atom stereocenters. The Hall–Kier alpha value is -2.73. The molecule has 1 aliphatic carbocycles. The lowest BCUT2D eigenvalue weighted by Crippen LogP contribution is -2.57. The van der Waals surface area contributed by atoms with Crippen LogP contribution in [-0.4, -0.2) is 61.1 Å². The van der Waals surface area contributed by atoms with Gasteiger partial charge in [-0.2, -0.15) is 17.5 Å². The van der Waals surface area contributed by atoms with Crippen molar-refractivity contribution in [2.75, 3.05) is 36.4 Å². The fourth-order valence-corrected chi connectivity index (χ4v) is 6.46. The number of piperazine rings is 1. The van der Waals surface area contributed by atoms with Gasteiger partial charge < -0.3 is 15.3 Å². The van der Waals surface area contributed by atoms with E-state index in [-0.39, 0.29) is 29.6 Å². The van der Waals surface area contributed by atoms with Crippen LogP contribution in [0.4, 0.5) is 24.5 Å². The summed E-state index contributed by atoms with van der Waals surface area (Å²) in [5, 5.41) is 13.3. The first kappa shape index (κ1) is 27.3. The van der Waals surface area contributed by atoms with Crippen molar-refractivity contribution in [3.63, 3.8) is 0 Å². The van der Waals surface area contributed by atoms with Crippen LogP contribution in [0.2, 0.25) is 0 Å². The zero-order chi connectivity index (χ0) is 26.8. The van der Waals surface area contributed by atoms with Gasteiger partial charge in [0.05, 0.1) is 10.9 Å². The van der Waals surface area contributed by atoms with Gasteiger partial charge in [0, 0.05) is 48.8 Å². The van der Waals surface area contributed by atoms with Crippen LogP contribution >= 0.6 is 12.2 Å². The lowest BCUT2D eigenvalue weighted by Gasteiger charge is -2.42. The Labute approximate surface area is 220 Å².